The van der Waals surface area contributed by atoms with Gasteiger partial charge in [0.2, 0.25) is 15.9 Å². The van der Waals surface area contributed by atoms with Crippen LogP contribution in [-0.4, -0.2) is 49.9 Å². The minimum absolute atomic E-state index is 0.149. The van der Waals surface area contributed by atoms with E-state index in [1.54, 1.807) is 42.5 Å². The topological polar surface area (TPSA) is 113 Å². The third kappa shape index (κ3) is 4.32. The number of para-hydroxylation sites is 1. The van der Waals surface area contributed by atoms with Crippen LogP contribution >= 0.6 is 0 Å². The summed E-state index contributed by atoms with van der Waals surface area (Å²) >= 11 is 0. The van der Waals surface area contributed by atoms with Crippen molar-refractivity contribution < 1.29 is 22.8 Å². The molecule has 27 heavy (non-hydrogen) atoms. The number of carbonyl (C=O) groups excluding carboxylic acids is 3. The molecule has 1 aliphatic rings. The Morgan fingerprint density at radius 1 is 0.889 bits per heavy atom. The first-order chi connectivity index (χ1) is 12.9. The van der Waals surface area contributed by atoms with Crippen LogP contribution in [0, 0.1) is 0 Å². The second-order valence-corrected chi connectivity index (χ2v) is 7.72. The highest BCUT2D eigenvalue weighted by Gasteiger charge is 2.36. The zero-order valence-electron chi connectivity index (χ0n) is 14.2. The van der Waals surface area contributed by atoms with Gasteiger partial charge in [-0.15, -0.1) is 0 Å². The molecule has 1 aliphatic heterocycles. The molecule has 8 nitrogen and oxygen atoms in total. The van der Waals surface area contributed by atoms with E-state index in [1.807, 2.05) is 0 Å². The molecule has 0 radical (unpaired) electrons. The molecule has 140 valence electrons. The minimum Gasteiger partial charge on any atom is -0.353 e. The summed E-state index contributed by atoms with van der Waals surface area (Å²) in [4.78, 5) is 37.3. The average molecular weight is 387 g/mol. The number of imide groups is 1. The van der Waals surface area contributed by atoms with Gasteiger partial charge in [0.1, 0.15) is 6.54 Å². The van der Waals surface area contributed by atoms with E-state index >= 15 is 0 Å². The van der Waals surface area contributed by atoms with Crippen molar-refractivity contribution in [3.8, 4) is 0 Å². The fourth-order valence-electron chi connectivity index (χ4n) is 2.64. The van der Waals surface area contributed by atoms with Gasteiger partial charge in [0, 0.05) is 12.2 Å². The summed E-state index contributed by atoms with van der Waals surface area (Å²) < 4.78 is 26.4. The first kappa shape index (κ1) is 18.6. The van der Waals surface area contributed by atoms with E-state index in [1.165, 1.54) is 12.1 Å². The predicted octanol–water partition coefficient (Wildman–Crippen LogP) is 0.841. The zero-order valence-corrected chi connectivity index (χ0v) is 15.0. The first-order valence-electron chi connectivity index (χ1n) is 8.15. The Morgan fingerprint density at radius 2 is 1.44 bits per heavy atom. The standard InChI is InChI=1S/C18H17N3O5S/c22-16(12-21-17(23)14-8-4-5-9-15(14)18(21)24)19-10-11-27(25,26)20-13-6-2-1-3-7-13/h1-9,20H,10-12H2,(H,19,22). The van der Waals surface area contributed by atoms with Crippen LogP contribution in [0.15, 0.2) is 54.6 Å². The maximum Gasteiger partial charge on any atom is 0.262 e. The lowest BCUT2D eigenvalue weighted by Crippen LogP contribution is -2.41. The maximum absolute atomic E-state index is 12.2. The Balaban J connectivity index is 1.51. The molecule has 2 N–H and O–H groups in total. The van der Waals surface area contributed by atoms with Gasteiger partial charge in [0.05, 0.1) is 16.9 Å². The van der Waals surface area contributed by atoms with Crippen LogP contribution in [0.2, 0.25) is 0 Å². The second kappa shape index (κ2) is 7.58. The van der Waals surface area contributed by atoms with E-state index in [-0.39, 0.29) is 23.4 Å². The summed E-state index contributed by atoms with van der Waals surface area (Å²) in [7, 11) is -3.63. The number of hydrogen-bond donors (Lipinski definition) is 2. The summed E-state index contributed by atoms with van der Waals surface area (Å²) in [5.74, 6) is -2.02. The van der Waals surface area contributed by atoms with Crippen LogP contribution in [-0.2, 0) is 14.8 Å². The van der Waals surface area contributed by atoms with Crippen LogP contribution in [0.3, 0.4) is 0 Å². The van der Waals surface area contributed by atoms with Crippen molar-refractivity contribution in [2.45, 2.75) is 0 Å². The van der Waals surface area contributed by atoms with E-state index in [4.69, 9.17) is 0 Å². The third-order valence-corrected chi connectivity index (χ3v) is 5.21. The number of nitrogens with one attached hydrogen (secondary N) is 2. The van der Waals surface area contributed by atoms with Gasteiger partial charge in [-0.1, -0.05) is 30.3 Å². The van der Waals surface area contributed by atoms with Gasteiger partial charge in [0.25, 0.3) is 11.8 Å². The number of hydrogen-bond acceptors (Lipinski definition) is 5. The van der Waals surface area contributed by atoms with Gasteiger partial charge < -0.3 is 5.32 Å². The van der Waals surface area contributed by atoms with E-state index in [0.717, 1.165) is 4.90 Å². The Hall–Kier alpha value is -3.20. The second-order valence-electron chi connectivity index (χ2n) is 5.88. The van der Waals surface area contributed by atoms with Crippen molar-refractivity contribution in [1.82, 2.24) is 10.2 Å². The molecule has 2 aromatic rings. The van der Waals surface area contributed by atoms with Gasteiger partial charge in [-0.3, -0.25) is 24.0 Å². The number of nitrogens with zero attached hydrogens (tertiary/aromatic N) is 1. The molecule has 0 aliphatic carbocycles. The Labute approximate surface area is 156 Å². The Kier molecular flexibility index (Phi) is 5.22. The van der Waals surface area contributed by atoms with Crippen molar-refractivity contribution in [2.75, 3.05) is 23.6 Å². The van der Waals surface area contributed by atoms with Crippen LogP contribution in [0.1, 0.15) is 20.7 Å². The molecule has 3 rings (SSSR count). The number of rotatable bonds is 7. The number of anilines is 1. The van der Waals surface area contributed by atoms with Gasteiger partial charge in [-0.25, -0.2) is 8.42 Å². The lowest BCUT2D eigenvalue weighted by atomic mass is 10.1. The molecule has 0 saturated heterocycles. The summed E-state index contributed by atoms with van der Waals surface area (Å²) in [6.45, 7) is -0.608. The molecule has 0 saturated carbocycles. The fraction of sp³-hybridized carbons (Fsp3) is 0.167. The van der Waals surface area contributed by atoms with Gasteiger partial charge in [0.15, 0.2) is 0 Å². The molecule has 0 spiro atoms. The molecule has 0 atom stereocenters. The summed E-state index contributed by atoms with van der Waals surface area (Å²) in [6.07, 6.45) is 0. The highest BCUT2D eigenvalue weighted by atomic mass is 32.2. The number of carbonyl (C=O) groups is 3. The summed E-state index contributed by atoms with van der Waals surface area (Å²) in [5.41, 5.74) is 0.935. The molecule has 0 aromatic heterocycles. The lowest BCUT2D eigenvalue weighted by Gasteiger charge is -2.14. The highest BCUT2D eigenvalue weighted by molar-refractivity contribution is 7.92. The molecule has 3 amide bonds. The van der Waals surface area contributed by atoms with E-state index in [0.29, 0.717) is 5.69 Å². The molecule has 2 aromatic carbocycles. The zero-order chi connectivity index (χ0) is 19.4. The molecule has 0 unspecified atom stereocenters. The van der Waals surface area contributed by atoms with E-state index in [9.17, 15) is 22.8 Å². The summed E-state index contributed by atoms with van der Waals surface area (Å²) in [6, 6.07) is 14.7. The molecule has 9 heteroatoms. The van der Waals surface area contributed by atoms with Gasteiger partial charge in [-0.05, 0) is 24.3 Å². The number of sulfonamides is 1. The average Bonchev–Trinajstić information content (AvgIpc) is 2.87. The lowest BCUT2D eigenvalue weighted by molar-refractivity contribution is -0.121. The first-order valence-corrected chi connectivity index (χ1v) is 9.80. The monoisotopic (exact) mass is 387 g/mol. The van der Waals surface area contributed by atoms with Crippen molar-refractivity contribution in [3.63, 3.8) is 0 Å². The third-order valence-electron chi connectivity index (χ3n) is 3.92. The molecular formula is C18H17N3O5S. The van der Waals surface area contributed by atoms with Crippen molar-refractivity contribution in [1.29, 1.82) is 0 Å². The van der Waals surface area contributed by atoms with E-state index in [2.05, 4.69) is 10.0 Å². The van der Waals surface area contributed by atoms with Crippen molar-refractivity contribution in [2.24, 2.45) is 0 Å². The molecule has 0 fully saturated rings. The van der Waals surface area contributed by atoms with Crippen LogP contribution < -0.4 is 10.0 Å². The van der Waals surface area contributed by atoms with Crippen LogP contribution in [0.5, 0.6) is 0 Å². The quantitative estimate of drug-likeness (QED) is 0.684. The number of benzene rings is 2. The van der Waals surface area contributed by atoms with Crippen molar-refractivity contribution in [3.05, 3.63) is 65.7 Å². The fourth-order valence-corrected chi connectivity index (χ4v) is 3.61. The predicted molar refractivity (Wildman–Crippen MR) is 98.7 cm³/mol. The van der Waals surface area contributed by atoms with Crippen molar-refractivity contribution >= 4 is 33.4 Å². The maximum atomic E-state index is 12.2. The van der Waals surface area contributed by atoms with Gasteiger partial charge >= 0.3 is 0 Å². The number of fused-ring (bicyclic) bond motifs is 1. The minimum atomic E-state index is -3.63. The Bertz CT molecular complexity index is 954. The Morgan fingerprint density at radius 3 is 2.04 bits per heavy atom. The summed E-state index contributed by atoms with van der Waals surface area (Å²) in [5, 5.41) is 2.42. The highest BCUT2D eigenvalue weighted by Crippen LogP contribution is 2.21. The van der Waals surface area contributed by atoms with Gasteiger partial charge in [-0.2, -0.15) is 0 Å². The molecule has 0 bridgehead atoms. The van der Waals surface area contributed by atoms with E-state index < -0.39 is 34.3 Å². The molecule has 1 heterocycles. The largest absolute Gasteiger partial charge is 0.353 e. The van der Waals surface area contributed by atoms with Crippen LogP contribution in [0.25, 0.3) is 0 Å². The molecular weight excluding hydrogens is 370 g/mol. The number of amides is 3. The van der Waals surface area contributed by atoms with Crippen LogP contribution in [0.4, 0.5) is 5.69 Å². The normalized spacial score (nSPS) is 13.4. The SMILES string of the molecule is O=C(CN1C(=O)c2ccccc2C1=O)NCCS(=O)(=O)Nc1ccccc1. The smallest absolute Gasteiger partial charge is 0.262 e.